The van der Waals surface area contributed by atoms with Gasteiger partial charge in [0.05, 0.1) is 0 Å². The van der Waals surface area contributed by atoms with Gasteiger partial charge < -0.3 is 14.7 Å². The molecule has 2 N–H and O–H groups in total. The molecular weight excluding hydrogens is 139 g/mol. The van der Waals surface area contributed by atoms with Gasteiger partial charge in [-0.2, -0.15) is 0 Å². The van der Waals surface area contributed by atoms with E-state index < -0.39 is 7.32 Å². The SMILES string of the molecule is OB(O)Oc1ccsc1. The molecule has 0 saturated carbocycles. The average molecular weight is 144 g/mol. The van der Waals surface area contributed by atoms with E-state index in [0.29, 0.717) is 5.75 Å². The second-order valence-corrected chi connectivity index (χ2v) is 2.18. The van der Waals surface area contributed by atoms with Crippen LogP contribution in [0.5, 0.6) is 5.75 Å². The van der Waals surface area contributed by atoms with Crippen molar-refractivity contribution in [1.82, 2.24) is 0 Å². The molecule has 0 bridgehead atoms. The van der Waals surface area contributed by atoms with E-state index in [1.165, 1.54) is 11.3 Å². The van der Waals surface area contributed by atoms with Crippen molar-refractivity contribution in [3.05, 3.63) is 16.8 Å². The topological polar surface area (TPSA) is 49.7 Å². The van der Waals surface area contributed by atoms with Crippen LogP contribution in [0.1, 0.15) is 0 Å². The van der Waals surface area contributed by atoms with Gasteiger partial charge in [0.2, 0.25) is 0 Å². The third-order valence-corrected chi connectivity index (χ3v) is 1.40. The molecule has 48 valence electrons. The molecule has 0 aliphatic heterocycles. The van der Waals surface area contributed by atoms with E-state index in [9.17, 15) is 0 Å². The van der Waals surface area contributed by atoms with Crippen molar-refractivity contribution in [2.24, 2.45) is 0 Å². The van der Waals surface area contributed by atoms with Crippen molar-refractivity contribution in [3.63, 3.8) is 0 Å². The first-order chi connectivity index (χ1) is 4.29. The molecule has 0 aliphatic carbocycles. The molecule has 0 aromatic carbocycles. The van der Waals surface area contributed by atoms with Crippen LogP contribution in [0.3, 0.4) is 0 Å². The summed E-state index contributed by atoms with van der Waals surface area (Å²) in [6.07, 6.45) is 0. The summed E-state index contributed by atoms with van der Waals surface area (Å²) in [7, 11) is -1.71. The number of hydrogen-bond acceptors (Lipinski definition) is 4. The van der Waals surface area contributed by atoms with Gasteiger partial charge in [0.15, 0.2) is 0 Å². The molecule has 1 aromatic rings. The summed E-state index contributed by atoms with van der Waals surface area (Å²) in [4.78, 5) is 0. The average Bonchev–Trinajstić information content (AvgIpc) is 2.15. The Kier molecular flexibility index (Phi) is 2.10. The van der Waals surface area contributed by atoms with E-state index in [1.54, 1.807) is 16.8 Å². The molecule has 0 atom stereocenters. The van der Waals surface area contributed by atoms with E-state index >= 15 is 0 Å². The third-order valence-electron chi connectivity index (χ3n) is 0.737. The van der Waals surface area contributed by atoms with Crippen molar-refractivity contribution in [3.8, 4) is 5.75 Å². The van der Waals surface area contributed by atoms with Crippen molar-refractivity contribution < 1.29 is 14.7 Å². The highest BCUT2D eigenvalue weighted by Crippen LogP contribution is 2.14. The van der Waals surface area contributed by atoms with Crippen LogP contribution < -0.4 is 4.65 Å². The van der Waals surface area contributed by atoms with Gasteiger partial charge >= 0.3 is 7.32 Å². The van der Waals surface area contributed by atoms with Crippen LogP contribution in [0.15, 0.2) is 16.8 Å². The van der Waals surface area contributed by atoms with Gasteiger partial charge in [-0.15, -0.1) is 11.3 Å². The molecule has 0 aliphatic rings. The summed E-state index contributed by atoms with van der Waals surface area (Å²) >= 11 is 1.43. The normalized spacial score (nSPS) is 9.11. The van der Waals surface area contributed by atoms with Crippen molar-refractivity contribution in [2.45, 2.75) is 0 Å². The van der Waals surface area contributed by atoms with Crippen LogP contribution in [0.2, 0.25) is 0 Å². The maximum absolute atomic E-state index is 8.26. The molecule has 9 heavy (non-hydrogen) atoms. The van der Waals surface area contributed by atoms with Crippen molar-refractivity contribution >= 4 is 18.7 Å². The Labute approximate surface area is 56.7 Å². The summed E-state index contributed by atoms with van der Waals surface area (Å²) in [5.41, 5.74) is 0. The fourth-order valence-corrected chi connectivity index (χ4v) is 1.00. The minimum Gasteiger partial charge on any atom is -0.511 e. The molecule has 0 fully saturated rings. The minimum absolute atomic E-state index is 0.481. The molecule has 0 saturated heterocycles. The second-order valence-electron chi connectivity index (χ2n) is 1.40. The van der Waals surface area contributed by atoms with Gasteiger partial charge in [-0.1, -0.05) is 0 Å². The molecule has 1 rings (SSSR count). The zero-order valence-electron chi connectivity index (χ0n) is 4.52. The summed E-state index contributed by atoms with van der Waals surface area (Å²) in [5, 5.41) is 20.0. The zero-order valence-corrected chi connectivity index (χ0v) is 5.34. The van der Waals surface area contributed by atoms with Crippen LogP contribution in [0.25, 0.3) is 0 Å². The fraction of sp³-hybridized carbons (Fsp3) is 0. The van der Waals surface area contributed by atoms with Gasteiger partial charge in [-0.05, 0) is 11.4 Å². The Hall–Kier alpha value is -0.515. The molecule has 5 heteroatoms. The first kappa shape index (κ1) is 6.60. The standard InChI is InChI=1S/C4H5BO3S/c6-5(7)8-4-1-2-9-3-4/h1-3,6-7H. The molecule has 0 amide bonds. The van der Waals surface area contributed by atoms with Crippen LogP contribution in [0.4, 0.5) is 0 Å². The monoisotopic (exact) mass is 144 g/mol. The van der Waals surface area contributed by atoms with Crippen LogP contribution >= 0.6 is 11.3 Å². The van der Waals surface area contributed by atoms with Crippen molar-refractivity contribution in [2.75, 3.05) is 0 Å². The lowest BCUT2D eigenvalue weighted by Gasteiger charge is -1.97. The highest BCUT2D eigenvalue weighted by molar-refractivity contribution is 7.08. The number of thiophene rings is 1. The Morgan fingerprint density at radius 3 is 2.78 bits per heavy atom. The van der Waals surface area contributed by atoms with Crippen molar-refractivity contribution in [1.29, 1.82) is 0 Å². The molecule has 1 aromatic heterocycles. The molecular formula is C4H5BO3S. The summed E-state index contributed by atoms with van der Waals surface area (Å²) < 4.78 is 4.48. The molecule has 3 nitrogen and oxygen atoms in total. The Balaban J connectivity index is 2.48. The van der Waals surface area contributed by atoms with E-state index in [0.717, 1.165) is 0 Å². The number of hydrogen-bond donors (Lipinski definition) is 2. The lowest BCUT2D eigenvalue weighted by molar-refractivity contribution is 0.288. The lowest BCUT2D eigenvalue weighted by Crippen LogP contribution is -2.19. The Bertz CT molecular complexity index is 162. The van der Waals surface area contributed by atoms with Gasteiger partial charge in [-0.25, -0.2) is 0 Å². The third kappa shape index (κ3) is 2.05. The predicted molar refractivity (Wildman–Crippen MR) is 35.1 cm³/mol. The maximum atomic E-state index is 8.26. The van der Waals surface area contributed by atoms with E-state index in [-0.39, 0.29) is 0 Å². The molecule has 0 unspecified atom stereocenters. The second kappa shape index (κ2) is 2.86. The van der Waals surface area contributed by atoms with E-state index in [2.05, 4.69) is 4.65 Å². The smallest absolute Gasteiger partial charge is 0.511 e. The first-order valence-electron chi connectivity index (χ1n) is 2.34. The summed E-state index contributed by atoms with van der Waals surface area (Å²) in [5.74, 6) is 0.481. The largest absolute Gasteiger partial charge is 0.707 e. The van der Waals surface area contributed by atoms with Crippen LogP contribution in [-0.4, -0.2) is 17.4 Å². The summed E-state index contributed by atoms with van der Waals surface area (Å²) in [6, 6.07) is 1.66. The van der Waals surface area contributed by atoms with E-state index in [1.807, 2.05) is 0 Å². The minimum atomic E-state index is -1.71. The molecule has 0 radical (unpaired) electrons. The van der Waals surface area contributed by atoms with Gasteiger partial charge in [0, 0.05) is 5.38 Å². The summed E-state index contributed by atoms with van der Waals surface area (Å²) in [6.45, 7) is 0. The fourth-order valence-electron chi connectivity index (χ4n) is 0.441. The highest BCUT2D eigenvalue weighted by atomic mass is 32.1. The first-order valence-corrected chi connectivity index (χ1v) is 3.28. The predicted octanol–water partition coefficient (Wildman–Crippen LogP) is 0.0964. The molecule has 1 heterocycles. The highest BCUT2D eigenvalue weighted by Gasteiger charge is 2.10. The van der Waals surface area contributed by atoms with Crippen LogP contribution in [0, 0.1) is 0 Å². The van der Waals surface area contributed by atoms with Gasteiger partial charge in [0.1, 0.15) is 5.75 Å². The van der Waals surface area contributed by atoms with Gasteiger partial charge in [-0.3, -0.25) is 0 Å². The quantitative estimate of drug-likeness (QED) is 0.578. The van der Waals surface area contributed by atoms with E-state index in [4.69, 9.17) is 10.0 Å². The Morgan fingerprint density at radius 1 is 1.56 bits per heavy atom. The van der Waals surface area contributed by atoms with Gasteiger partial charge in [0.25, 0.3) is 0 Å². The zero-order chi connectivity index (χ0) is 6.69. The number of rotatable bonds is 2. The maximum Gasteiger partial charge on any atom is 0.707 e. The lowest BCUT2D eigenvalue weighted by atomic mass is 10.2. The Morgan fingerprint density at radius 2 is 2.33 bits per heavy atom. The van der Waals surface area contributed by atoms with Crippen LogP contribution in [-0.2, 0) is 0 Å². The molecule has 0 spiro atoms.